The number of hydrogen-bond donors (Lipinski definition) is 0. The van der Waals surface area contributed by atoms with Crippen molar-refractivity contribution < 1.29 is 9.53 Å². The fourth-order valence-electron chi connectivity index (χ4n) is 4.27. The normalized spacial score (nSPS) is 14.6. The second-order valence-electron chi connectivity index (χ2n) is 7.39. The van der Waals surface area contributed by atoms with Crippen molar-refractivity contribution >= 4 is 39.1 Å². The number of methoxy groups -OCH3 is 1. The van der Waals surface area contributed by atoms with Crippen LogP contribution in [0.5, 0.6) is 0 Å². The lowest BCUT2D eigenvalue weighted by Gasteiger charge is -2.17. The first-order chi connectivity index (χ1) is 13.5. The molecule has 1 unspecified atom stereocenters. The van der Waals surface area contributed by atoms with Gasteiger partial charge in [-0.2, -0.15) is 0 Å². The van der Waals surface area contributed by atoms with Gasteiger partial charge >= 0.3 is 0 Å². The number of carbonyl (C=O) groups is 1. The van der Waals surface area contributed by atoms with E-state index < -0.39 is 0 Å². The van der Waals surface area contributed by atoms with Crippen molar-refractivity contribution in [1.82, 2.24) is 14.5 Å². The van der Waals surface area contributed by atoms with Gasteiger partial charge in [0, 0.05) is 34.3 Å². The van der Waals surface area contributed by atoms with E-state index in [2.05, 4.69) is 21.5 Å². The van der Waals surface area contributed by atoms with Crippen molar-refractivity contribution in [2.24, 2.45) is 0 Å². The molecule has 0 aliphatic heterocycles. The number of carbonyl (C=O) groups excluding carboxylic acids is 1. The molecule has 0 radical (unpaired) electrons. The highest BCUT2D eigenvalue weighted by atomic mass is 32.2. The van der Waals surface area contributed by atoms with Crippen LogP contribution in [0.4, 0.5) is 0 Å². The Morgan fingerprint density at radius 2 is 2.18 bits per heavy atom. The van der Waals surface area contributed by atoms with E-state index >= 15 is 0 Å². The maximum atomic E-state index is 13.0. The molecule has 4 rings (SSSR count). The largest absolute Gasteiger partial charge is 0.383 e. The van der Waals surface area contributed by atoms with Gasteiger partial charge < -0.3 is 9.30 Å². The van der Waals surface area contributed by atoms with Gasteiger partial charge in [-0.15, -0.1) is 11.3 Å². The summed E-state index contributed by atoms with van der Waals surface area (Å²) in [5.74, 6) is 0.535. The zero-order chi connectivity index (χ0) is 19.8. The number of Topliss-reactive ketones (excluding diaryl/α,β-unsaturated/α-hetero) is 1. The number of thioether (sulfide) groups is 1. The third-order valence-electron chi connectivity index (χ3n) is 5.44. The van der Waals surface area contributed by atoms with Gasteiger partial charge in [0.2, 0.25) is 0 Å². The number of ketones is 1. The number of ether oxygens (including phenoxy) is 1. The number of hydrogen-bond acceptors (Lipinski definition) is 6. The standard InChI is InChI=1S/C21H25N3O2S2/c1-12-8-16(14(3)24(12)13(2)9-26-4)17(25)10-27-20-19-15-6-5-7-18(15)28-21(19)23-11-22-20/h8,11,13H,5-7,9-10H2,1-4H3. The first-order valence-electron chi connectivity index (χ1n) is 9.59. The van der Waals surface area contributed by atoms with Gasteiger partial charge in [0.25, 0.3) is 0 Å². The Balaban J connectivity index is 1.56. The molecule has 28 heavy (non-hydrogen) atoms. The summed E-state index contributed by atoms with van der Waals surface area (Å²) in [4.78, 5) is 24.4. The lowest BCUT2D eigenvalue weighted by atomic mass is 10.2. The molecule has 0 amide bonds. The highest BCUT2D eigenvalue weighted by Crippen LogP contribution is 2.40. The van der Waals surface area contributed by atoms with Gasteiger partial charge in [0.05, 0.1) is 18.4 Å². The second kappa shape index (κ2) is 7.97. The summed E-state index contributed by atoms with van der Waals surface area (Å²) in [5.41, 5.74) is 4.31. The molecule has 148 valence electrons. The molecule has 0 N–H and O–H groups in total. The van der Waals surface area contributed by atoms with E-state index in [4.69, 9.17) is 4.74 Å². The maximum Gasteiger partial charge on any atom is 0.174 e. The predicted octanol–water partition coefficient (Wildman–Crippen LogP) is 4.78. The minimum absolute atomic E-state index is 0.146. The van der Waals surface area contributed by atoms with E-state index in [0.29, 0.717) is 12.4 Å². The van der Waals surface area contributed by atoms with Crippen LogP contribution in [0.3, 0.4) is 0 Å². The molecular weight excluding hydrogens is 390 g/mol. The second-order valence-corrected chi connectivity index (χ2v) is 9.44. The Morgan fingerprint density at radius 3 is 2.96 bits per heavy atom. The van der Waals surface area contributed by atoms with Crippen LogP contribution < -0.4 is 0 Å². The molecule has 0 saturated heterocycles. The minimum Gasteiger partial charge on any atom is -0.383 e. The Labute approximate surface area is 173 Å². The lowest BCUT2D eigenvalue weighted by molar-refractivity contribution is 0.102. The smallest absolute Gasteiger partial charge is 0.174 e. The number of thiophene rings is 1. The van der Waals surface area contributed by atoms with Crippen LogP contribution in [0.25, 0.3) is 10.2 Å². The molecule has 0 saturated carbocycles. The molecule has 0 bridgehead atoms. The Kier molecular flexibility index (Phi) is 5.58. The van der Waals surface area contributed by atoms with E-state index in [1.165, 1.54) is 34.0 Å². The Hall–Kier alpha value is -1.70. The molecule has 3 heterocycles. The highest BCUT2D eigenvalue weighted by Gasteiger charge is 2.23. The third kappa shape index (κ3) is 3.40. The number of nitrogens with zero attached hydrogens (tertiary/aromatic N) is 3. The van der Waals surface area contributed by atoms with Crippen LogP contribution in [0, 0.1) is 13.8 Å². The van der Waals surface area contributed by atoms with Crippen molar-refractivity contribution in [3.8, 4) is 0 Å². The van der Waals surface area contributed by atoms with Gasteiger partial charge in [-0.3, -0.25) is 4.79 Å². The molecular formula is C21H25N3O2S2. The molecule has 0 aromatic carbocycles. The van der Waals surface area contributed by atoms with Crippen LogP contribution in [-0.4, -0.2) is 39.8 Å². The summed E-state index contributed by atoms with van der Waals surface area (Å²) in [7, 11) is 1.71. The first kappa shape index (κ1) is 19.6. The number of rotatable bonds is 7. The van der Waals surface area contributed by atoms with Gasteiger partial charge in [-0.25, -0.2) is 9.97 Å². The van der Waals surface area contributed by atoms with Crippen LogP contribution in [-0.2, 0) is 17.6 Å². The molecule has 7 heteroatoms. The molecule has 3 aromatic rings. The summed E-state index contributed by atoms with van der Waals surface area (Å²) < 4.78 is 7.48. The summed E-state index contributed by atoms with van der Waals surface area (Å²) in [6.45, 7) is 6.81. The Bertz CT molecular complexity index is 1040. The fraction of sp³-hybridized carbons (Fsp3) is 0.476. The quantitative estimate of drug-likeness (QED) is 0.316. The summed E-state index contributed by atoms with van der Waals surface area (Å²) in [6, 6.07) is 2.21. The topological polar surface area (TPSA) is 57.0 Å². The molecule has 1 aliphatic rings. The maximum absolute atomic E-state index is 13.0. The van der Waals surface area contributed by atoms with E-state index in [0.717, 1.165) is 39.6 Å². The zero-order valence-electron chi connectivity index (χ0n) is 16.7. The number of aryl methyl sites for hydroxylation is 3. The highest BCUT2D eigenvalue weighted by molar-refractivity contribution is 8.00. The fourth-order valence-corrected chi connectivity index (χ4v) is 6.48. The lowest BCUT2D eigenvalue weighted by Crippen LogP contribution is -2.14. The number of fused-ring (bicyclic) bond motifs is 3. The van der Waals surface area contributed by atoms with Gasteiger partial charge in [-0.1, -0.05) is 11.8 Å². The van der Waals surface area contributed by atoms with Crippen molar-refractivity contribution in [2.45, 2.75) is 51.1 Å². The van der Waals surface area contributed by atoms with E-state index in [1.807, 2.05) is 19.9 Å². The van der Waals surface area contributed by atoms with Crippen molar-refractivity contribution in [2.75, 3.05) is 19.5 Å². The molecule has 0 spiro atoms. The summed E-state index contributed by atoms with van der Waals surface area (Å²) >= 11 is 3.32. The molecule has 5 nitrogen and oxygen atoms in total. The van der Waals surface area contributed by atoms with E-state index in [-0.39, 0.29) is 11.8 Å². The summed E-state index contributed by atoms with van der Waals surface area (Å²) in [5, 5.41) is 2.12. The van der Waals surface area contributed by atoms with Crippen molar-refractivity contribution in [3.63, 3.8) is 0 Å². The number of aromatic nitrogens is 3. The first-order valence-corrected chi connectivity index (χ1v) is 11.4. The molecule has 3 aromatic heterocycles. The van der Waals surface area contributed by atoms with Gasteiger partial charge in [0.15, 0.2) is 5.78 Å². The van der Waals surface area contributed by atoms with Gasteiger partial charge in [-0.05, 0) is 51.7 Å². The third-order valence-corrected chi connectivity index (χ3v) is 7.63. The van der Waals surface area contributed by atoms with Gasteiger partial charge in [0.1, 0.15) is 16.2 Å². The predicted molar refractivity (Wildman–Crippen MR) is 115 cm³/mol. The minimum atomic E-state index is 0.146. The van der Waals surface area contributed by atoms with Crippen LogP contribution in [0.15, 0.2) is 17.4 Å². The SMILES string of the molecule is COCC(C)n1c(C)cc(C(=O)CSc2ncnc3sc4c(c23)CCC4)c1C. The monoisotopic (exact) mass is 415 g/mol. The van der Waals surface area contributed by atoms with Crippen molar-refractivity contribution in [3.05, 3.63) is 39.8 Å². The average molecular weight is 416 g/mol. The Morgan fingerprint density at radius 1 is 1.36 bits per heavy atom. The van der Waals surface area contributed by atoms with E-state index in [9.17, 15) is 4.79 Å². The molecule has 1 atom stereocenters. The molecule has 1 aliphatic carbocycles. The van der Waals surface area contributed by atoms with Crippen LogP contribution >= 0.6 is 23.1 Å². The van der Waals surface area contributed by atoms with Crippen LogP contribution in [0.2, 0.25) is 0 Å². The van der Waals surface area contributed by atoms with Crippen LogP contribution in [0.1, 0.15) is 51.6 Å². The van der Waals surface area contributed by atoms with Crippen molar-refractivity contribution in [1.29, 1.82) is 0 Å². The summed E-state index contributed by atoms with van der Waals surface area (Å²) in [6.07, 6.45) is 5.08. The van der Waals surface area contributed by atoms with E-state index in [1.54, 1.807) is 24.8 Å². The average Bonchev–Trinajstić information content (AvgIpc) is 3.32. The molecule has 0 fully saturated rings. The zero-order valence-corrected chi connectivity index (χ0v) is 18.4.